The van der Waals surface area contributed by atoms with Gasteiger partial charge in [0, 0.05) is 44.1 Å². The van der Waals surface area contributed by atoms with Gasteiger partial charge in [0.05, 0.1) is 16.6 Å². The van der Waals surface area contributed by atoms with Gasteiger partial charge < -0.3 is 19.8 Å². The van der Waals surface area contributed by atoms with Crippen molar-refractivity contribution in [2.45, 2.75) is 87.3 Å². The summed E-state index contributed by atoms with van der Waals surface area (Å²) < 4.78 is -1.03. The maximum Gasteiger partial charge on any atom is 0.247 e. The van der Waals surface area contributed by atoms with Crippen molar-refractivity contribution in [3.05, 3.63) is 61.2 Å². The first-order valence-electron chi connectivity index (χ1n) is 15.7. The number of aliphatic hydroxyl groups is 1. The Bertz CT molecular complexity index is 1130. The van der Waals surface area contributed by atoms with Crippen molar-refractivity contribution >= 4 is 29.5 Å². The van der Waals surface area contributed by atoms with Crippen molar-refractivity contribution in [1.29, 1.82) is 0 Å². The van der Waals surface area contributed by atoms with Crippen molar-refractivity contribution in [3.63, 3.8) is 0 Å². The number of fused-ring (bicyclic) bond motifs is 1. The van der Waals surface area contributed by atoms with Crippen LogP contribution in [0.4, 0.5) is 0 Å². The van der Waals surface area contributed by atoms with Crippen LogP contribution >= 0.6 is 11.8 Å². The fourth-order valence-electron chi connectivity index (χ4n) is 7.43. The average molecular weight is 596 g/mol. The third kappa shape index (κ3) is 6.21. The molecule has 3 saturated heterocycles. The van der Waals surface area contributed by atoms with Gasteiger partial charge in [0.2, 0.25) is 17.7 Å². The summed E-state index contributed by atoms with van der Waals surface area (Å²) in [6.45, 7) is 14.6. The molecule has 1 aromatic carbocycles. The molecule has 1 spiro atoms. The van der Waals surface area contributed by atoms with Crippen LogP contribution in [-0.4, -0.2) is 85.8 Å². The highest BCUT2D eigenvalue weighted by molar-refractivity contribution is 8.02. The Morgan fingerprint density at radius 2 is 1.71 bits per heavy atom. The van der Waals surface area contributed by atoms with Crippen molar-refractivity contribution in [3.8, 4) is 0 Å². The Hall–Kier alpha value is -2.58. The molecule has 0 aromatic heterocycles. The third-order valence-electron chi connectivity index (χ3n) is 9.40. The van der Waals surface area contributed by atoms with Gasteiger partial charge in [-0.2, -0.15) is 0 Å². The Labute approximate surface area is 256 Å². The minimum atomic E-state index is -0.618. The zero-order valence-electron chi connectivity index (χ0n) is 25.5. The largest absolute Gasteiger partial charge is 0.396 e. The maximum atomic E-state index is 14.5. The molecule has 0 radical (unpaired) electrons. The molecular formula is C34H49N3O4S. The smallest absolute Gasteiger partial charge is 0.247 e. The van der Waals surface area contributed by atoms with Crippen LogP contribution in [0.15, 0.2) is 55.6 Å². The second-order valence-corrected chi connectivity index (χ2v) is 14.2. The van der Waals surface area contributed by atoms with Crippen LogP contribution in [-0.2, 0) is 20.9 Å². The fraction of sp³-hybridized carbons (Fsp3) is 0.618. The molecule has 4 rings (SSSR count). The molecule has 0 saturated carbocycles. The van der Waals surface area contributed by atoms with E-state index in [1.54, 1.807) is 23.9 Å². The number of benzene rings is 1. The summed E-state index contributed by atoms with van der Waals surface area (Å²) in [6.07, 6.45) is 10.2. The Morgan fingerprint density at radius 1 is 1.02 bits per heavy atom. The van der Waals surface area contributed by atoms with Crippen LogP contribution in [0.1, 0.15) is 70.8 Å². The lowest BCUT2D eigenvalue weighted by molar-refractivity contribution is -0.146. The molecule has 3 amide bonds. The lowest BCUT2D eigenvalue weighted by Gasteiger charge is -2.38. The van der Waals surface area contributed by atoms with Crippen molar-refractivity contribution in [1.82, 2.24) is 14.7 Å². The van der Waals surface area contributed by atoms with Crippen LogP contribution in [0, 0.1) is 11.8 Å². The van der Waals surface area contributed by atoms with Crippen LogP contribution in [0.5, 0.6) is 0 Å². The van der Waals surface area contributed by atoms with E-state index in [-0.39, 0.29) is 24.3 Å². The highest BCUT2D eigenvalue weighted by Crippen LogP contribution is 2.71. The molecule has 3 aliphatic rings. The van der Waals surface area contributed by atoms with E-state index in [9.17, 15) is 19.5 Å². The molecular weight excluding hydrogens is 546 g/mol. The molecule has 1 N–H and O–H groups in total. The van der Waals surface area contributed by atoms with E-state index in [1.807, 2.05) is 45.0 Å². The number of likely N-dealkylation sites (tertiary alicyclic amines) is 1. The van der Waals surface area contributed by atoms with Gasteiger partial charge in [0.1, 0.15) is 6.04 Å². The van der Waals surface area contributed by atoms with Gasteiger partial charge in [0.25, 0.3) is 0 Å². The zero-order valence-corrected chi connectivity index (χ0v) is 26.3. The molecule has 230 valence electrons. The van der Waals surface area contributed by atoms with Crippen molar-refractivity contribution in [2.24, 2.45) is 11.8 Å². The number of hydrogen-bond acceptors (Lipinski definition) is 5. The first-order chi connectivity index (χ1) is 20.3. The number of thioether (sulfide) groups is 1. The van der Waals surface area contributed by atoms with E-state index in [4.69, 9.17) is 0 Å². The minimum absolute atomic E-state index is 0.00774. The van der Waals surface area contributed by atoms with Crippen LogP contribution < -0.4 is 0 Å². The van der Waals surface area contributed by atoms with E-state index in [1.165, 1.54) is 0 Å². The summed E-state index contributed by atoms with van der Waals surface area (Å²) in [5.41, 5.74) is 1.04. The normalized spacial score (nSPS) is 27.6. The van der Waals surface area contributed by atoms with Gasteiger partial charge in [-0.05, 0) is 44.6 Å². The quantitative estimate of drug-likeness (QED) is 0.201. The molecule has 5 atom stereocenters. The number of carbonyl (C=O) groups is 3. The molecule has 2 bridgehead atoms. The molecule has 3 heterocycles. The van der Waals surface area contributed by atoms with E-state index in [0.29, 0.717) is 32.7 Å². The fourth-order valence-corrected chi connectivity index (χ4v) is 9.77. The SMILES string of the molecule is C=CCN(CCCC)C(=O)C1N(CCCCCCO)C(=O)[C@@H]2[C@@H](C(=O)N(CC=C)Cc3ccccc3)[C@@]3(C)CCC12S3. The van der Waals surface area contributed by atoms with Crippen LogP contribution in [0.25, 0.3) is 0 Å². The highest BCUT2D eigenvalue weighted by atomic mass is 32.2. The lowest BCUT2D eigenvalue weighted by Crippen LogP contribution is -2.55. The van der Waals surface area contributed by atoms with Crippen LogP contribution in [0.3, 0.4) is 0 Å². The summed E-state index contributed by atoms with van der Waals surface area (Å²) in [4.78, 5) is 48.9. The maximum absolute atomic E-state index is 14.5. The van der Waals surface area contributed by atoms with Crippen molar-refractivity contribution < 1.29 is 19.5 Å². The van der Waals surface area contributed by atoms with Crippen LogP contribution in [0.2, 0.25) is 0 Å². The number of unbranched alkanes of at least 4 members (excludes halogenated alkanes) is 4. The Kier molecular flexibility index (Phi) is 11.0. The molecule has 3 aliphatic heterocycles. The summed E-state index contributed by atoms with van der Waals surface area (Å²) in [5, 5.41) is 9.21. The van der Waals surface area contributed by atoms with Gasteiger partial charge in [-0.15, -0.1) is 24.9 Å². The average Bonchev–Trinajstić information content (AvgIpc) is 3.55. The number of hydrogen-bond donors (Lipinski definition) is 1. The van der Waals surface area contributed by atoms with Gasteiger partial charge in [0.15, 0.2) is 0 Å². The monoisotopic (exact) mass is 595 g/mol. The summed E-state index contributed by atoms with van der Waals surface area (Å²) in [6, 6.07) is 9.34. The topological polar surface area (TPSA) is 81.2 Å². The molecule has 7 nitrogen and oxygen atoms in total. The predicted molar refractivity (Wildman–Crippen MR) is 170 cm³/mol. The second-order valence-electron chi connectivity index (χ2n) is 12.3. The Morgan fingerprint density at radius 3 is 2.38 bits per heavy atom. The number of amides is 3. The molecule has 0 aliphatic carbocycles. The van der Waals surface area contributed by atoms with Gasteiger partial charge in [-0.3, -0.25) is 14.4 Å². The summed E-state index contributed by atoms with van der Waals surface area (Å²) in [5.74, 6) is -1.09. The molecule has 42 heavy (non-hydrogen) atoms. The minimum Gasteiger partial charge on any atom is -0.396 e. The third-order valence-corrected chi connectivity index (χ3v) is 11.4. The molecule has 1 aromatic rings. The lowest BCUT2D eigenvalue weighted by atomic mass is 9.66. The van der Waals surface area contributed by atoms with E-state index < -0.39 is 27.4 Å². The molecule has 8 heteroatoms. The van der Waals surface area contributed by atoms with Gasteiger partial charge in [-0.25, -0.2) is 0 Å². The zero-order chi connectivity index (χ0) is 30.3. The van der Waals surface area contributed by atoms with E-state index in [0.717, 1.165) is 56.9 Å². The second kappa shape index (κ2) is 14.3. The number of nitrogens with zero attached hydrogens (tertiary/aromatic N) is 3. The first kappa shape index (κ1) is 32.3. The molecule has 2 unspecified atom stereocenters. The highest BCUT2D eigenvalue weighted by Gasteiger charge is 2.77. The number of rotatable bonds is 17. The summed E-state index contributed by atoms with van der Waals surface area (Å²) in [7, 11) is 0. The first-order valence-corrected chi connectivity index (χ1v) is 16.5. The van der Waals surface area contributed by atoms with Gasteiger partial charge >= 0.3 is 0 Å². The van der Waals surface area contributed by atoms with Crippen molar-refractivity contribution in [2.75, 3.05) is 32.8 Å². The number of aliphatic hydroxyl groups excluding tert-OH is 1. The van der Waals surface area contributed by atoms with E-state index in [2.05, 4.69) is 27.0 Å². The predicted octanol–water partition coefficient (Wildman–Crippen LogP) is 5.05. The summed E-state index contributed by atoms with van der Waals surface area (Å²) >= 11 is 1.74. The van der Waals surface area contributed by atoms with E-state index >= 15 is 0 Å². The van der Waals surface area contributed by atoms with Gasteiger partial charge in [-0.1, -0.05) is 68.7 Å². The number of carbonyl (C=O) groups excluding carboxylic acids is 3. The standard InChI is InChI=1S/C34H49N3O4S/c1-5-8-22-35(20-6-2)32(41)29-34-19-18-33(4,42-34)27(28(34)31(40)37(29)23-14-9-10-15-24-38)30(39)36(21-7-3)25-26-16-12-11-13-17-26/h6-7,11-13,16-17,27-29,38H,2-3,5,8-10,14-15,18-25H2,1,4H3/t27-,28-,29?,33+,34?/m0/s1. The molecule has 3 fully saturated rings. The Balaban J connectivity index is 1.69.